The van der Waals surface area contributed by atoms with Gasteiger partial charge in [-0.1, -0.05) is 42.0 Å². The second kappa shape index (κ2) is 5.07. The lowest BCUT2D eigenvalue weighted by Gasteiger charge is -2.13. The summed E-state index contributed by atoms with van der Waals surface area (Å²) in [5.74, 6) is 0. The zero-order valence-electron chi connectivity index (χ0n) is 11.7. The van der Waals surface area contributed by atoms with Crippen molar-refractivity contribution >= 4 is 10.2 Å². The standard InChI is InChI=1S/C14H20N2O2S/c1-5-11(2)13-14(12-9-7-6-8-10-12)16(13)19(17,18)15(3)4/h5-10,13-14H,1-4H3/b11-5+/t13-,14-,16?/m1/s1. The van der Waals surface area contributed by atoms with Gasteiger partial charge in [0.05, 0.1) is 12.1 Å². The Morgan fingerprint density at radius 2 is 1.84 bits per heavy atom. The molecule has 1 aliphatic rings. The molecule has 0 saturated carbocycles. The first-order chi connectivity index (χ1) is 8.91. The predicted octanol–water partition coefficient (Wildman–Crippen LogP) is 2.18. The summed E-state index contributed by atoms with van der Waals surface area (Å²) in [6.07, 6.45) is 1.98. The molecule has 0 amide bonds. The normalized spacial score (nSPS) is 27.6. The molecule has 2 rings (SSSR count). The van der Waals surface area contributed by atoms with Crippen LogP contribution in [-0.4, -0.2) is 37.2 Å². The SMILES string of the molecule is C/C=C(\C)[C@@H]1[C@@H](c2ccccc2)N1S(=O)(=O)N(C)C. The van der Waals surface area contributed by atoms with Crippen LogP contribution in [0.1, 0.15) is 25.5 Å². The molecule has 0 radical (unpaired) electrons. The Labute approximate surface area is 115 Å². The summed E-state index contributed by atoms with van der Waals surface area (Å²) in [5.41, 5.74) is 2.12. The maximum atomic E-state index is 12.3. The Kier molecular flexibility index (Phi) is 3.80. The maximum Gasteiger partial charge on any atom is 0.282 e. The van der Waals surface area contributed by atoms with Crippen LogP contribution in [0.3, 0.4) is 0 Å². The zero-order valence-corrected chi connectivity index (χ0v) is 12.6. The van der Waals surface area contributed by atoms with Crippen molar-refractivity contribution in [3.05, 3.63) is 47.5 Å². The van der Waals surface area contributed by atoms with Crippen molar-refractivity contribution in [2.24, 2.45) is 0 Å². The molecule has 3 atom stereocenters. The van der Waals surface area contributed by atoms with Gasteiger partial charge >= 0.3 is 0 Å². The third kappa shape index (κ3) is 2.45. The second-order valence-corrected chi connectivity index (χ2v) is 7.00. The largest absolute Gasteiger partial charge is 0.282 e. The van der Waals surface area contributed by atoms with Crippen molar-refractivity contribution in [1.82, 2.24) is 8.61 Å². The quantitative estimate of drug-likeness (QED) is 0.626. The summed E-state index contributed by atoms with van der Waals surface area (Å²) >= 11 is 0. The minimum absolute atomic E-state index is 0.0557. The Morgan fingerprint density at radius 1 is 1.26 bits per heavy atom. The molecule has 4 nitrogen and oxygen atoms in total. The molecule has 0 aromatic heterocycles. The van der Waals surface area contributed by atoms with E-state index in [0.29, 0.717) is 0 Å². The number of benzene rings is 1. The van der Waals surface area contributed by atoms with Crippen molar-refractivity contribution in [1.29, 1.82) is 0 Å². The number of allylic oxidation sites excluding steroid dienone is 1. The first kappa shape index (κ1) is 14.2. The van der Waals surface area contributed by atoms with Crippen LogP contribution in [0.2, 0.25) is 0 Å². The minimum atomic E-state index is -3.38. The maximum absolute atomic E-state index is 12.3. The highest BCUT2D eigenvalue weighted by Gasteiger charge is 2.57. The summed E-state index contributed by atoms with van der Waals surface area (Å²) in [5, 5.41) is 0. The molecule has 0 N–H and O–H groups in total. The smallest absolute Gasteiger partial charge is 0.195 e. The summed E-state index contributed by atoms with van der Waals surface area (Å²) < 4.78 is 27.5. The number of hydrogen-bond acceptors (Lipinski definition) is 2. The van der Waals surface area contributed by atoms with Gasteiger partial charge in [0.2, 0.25) is 0 Å². The van der Waals surface area contributed by atoms with Crippen LogP contribution in [0.25, 0.3) is 0 Å². The molecule has 1 unspecified atom stereocenters. The van der Waals surface area contributed by atoms with Crippen LogP contribution in [0, 0.1) is 0 Å². The van der Waals surface area contributed by atoms with Gasteiger partial charge in [0.1, 0.15) is 0 Å². The van der Waals surface area contributed by atoms with Crippen LogP contribution < -0.4 is 0 Å². The van der Waals surface area contributed by atoms with E-state index in [1.807, 2.05) is 50.3 Å². The highest BCUT2D eigenvalue weighted by Crippen LogP contribution is 2.49. The Bertz CT molecular complexity index is 579. The highest BCUT2D eigenvalue weighted by atomic mass is 32.2. The fraction of sp³-hybridized carbons (Fsp3) is 0.429. The third-order valence-electron chi connectivity index (χ3n) is 3.55. The lowest BCUT2D eigenvalue weighted by molar-refractivity contribution is 0.475. The molecule has 0 bridgehead atoms. The summed E-state index contributed by atoms with van der Waals surface area (Å²) in [6.45, 7) is 3.92. The molecular weight excluding hydrogens is 260 g/mol. The van der Waals surface area contributed by atoms with Crippen molar-refractivity contribution in [3.8, 4) is 0 Å². The molecule has 1 aliphatic heterocycles. The Morgan fingerprint density at radius 3 is 2.32 bits per heavy atom. The van der Waals surface area contributed by atoms with E-state index < -0.39 is 10.2 Å². The lowest BCUT2D eigenvalue weighted by atomic mass is 10.1. The van der Waals surface area contributed by atoms with Gasteiger partial charge in [-0.15, -0.1) is 0 Å². The van der Waals surface area contributed by atoms with Crippen LogP contribution in [0.15, 0.2) is 42.0 Å². The topological polar surface area (TPSA) is 40.4 Å². The Balaban J connectivity index is 2.39. The van der Waals surface area contributed by atoms with Gasteiger partial charge in [-0.25, -0.2) is 0 Å². The molecule has 1 fully saturated rings. The Hall–Kier alpha value is -1.17. The van der Waals surface area contributed by atoms with Gasteiger partial charge in [0.25, 0.3) is 10.2 Å². The first-order valence-electron chi connectivity index (χ1n) is 6.30. The van der Waals surface area contributed by atoms with E-state index in [1.165, 1.54) is 4.31 Å². The third-order valence-corrected chi connectivity index (χ3v) is 5.46. The average Bonchev–Trinajstić information content (AvgIpc) is 3.14. The number of rotatable bonds is 4. The fourth-order valence-electron chi connectivity index (χ4n) is 2.29. The van der Waals surface area contributed by atoms with Crippen LogP contribution in [0.4, 0.5) is 0 Å². The van der Waals surface area contributed by atoms with Gasteiger partial charge in [-0.05, 0) is 19.4 Å². The van der Waals surface area contributed by atoms with Crippen LogP contribution in [0.5, 0.6) is 0 Å². The molecule has 1 aromatic carbocycles. The van der Waals surface area contributed by atoms with E-state index in [2.05, 4.69) is 0 Å². The molecule has 1 heterocycles. The van der Waals surface area contributed by atoms with E-state index in [9.17, 15) is 8.42 Å². The van der Waals surface area contributed by atoms with E-state index in [-0.39, 0.29) is 12.1 Å². The van der Waals surface area contributed by atoms with Gasteiger partial charge < -0.3 is 0 Å². The monoisotopic (exact) mass is 280 g/mol. The summed E-state index contributed by atoms with van der Waals surface area (Å²) in [6, 6.07) is 9.64. The van der Waals surface area contributed by atoms with Gasteiger partial charge in [-0.2, -0.15) is 17.0 Å². The zero-order chi connectivity index (χ0) is 14.2. The minimum Gasteiger partial charge on any atom is -0.195 e. The lowest BCUT2D eigenvalue weighted by Crippen LogP contribution is -2.30. The van der Waals surface area contributed by atoms with Gasteiger partial charge in [-0.3, -0.25) is 0 Å². The van der Waals surface area contributed by atoms with Crippen LogP contribution >= 0.6 is 0 Å². The van der Waals surface area contributed by atoms with Crippen molar-refractivity contribution in [2.75, 3.05) is 14.1 Å². The van der Waals surface area contributed by atoms with Gasteiger partial charge in [0.15, 0.2) is 0 Å². The summed E-state index contributed by atoms with van der Waals surface area (Å²) in [4.78, 5) is 0. The second-order valence-electron chi connectivity index (χ2n) is 4.95. The molecule has 5 heteroatoms. The van der Waals surface area contributed by atoms with Crippen molar-refractivity contribution in [2.45, 2.75) is 25.9 Å². The van der Waals surface area contributed by atoms with E-state index in [0.717, 1.165) is 11.1 Å². The highest BCUT2D eigenvalue weighted by molar-refractivity contribution is 7.87. The molecular formula is C14H20N2O2S. The van der Waals surface area contributed by atoms with Crippen molar-refractivity contribution < 1.29 is 8.42 Å². The molecule has 1 saturated heterocycles. The molecule has 0 aliphatic carbocycles. The van der Waals surface area contributed by atoms with Crippen LogP contribution in [-0.2, 0) is 10.2 Å². The number of nitrogens with zero attached hydrogens (tertiary/aromatic N) is 2. The summed E-state index contributed by atoms with van der Waals surface area (Å²) in [7, 11) is -0.245. The predicted molar refractivity (Wildman–Crippen MR) is 76.8 cm³/mol. The first-order valence-corrected chi connectivity index (χ1v) is 7.69. The number of hydrogen-bond donors (Lipinski definition) is 0. The molecule has 104 valence electrons. The molecule has 19 heavy (non-hydrogen) atoms. The van der Waals surface area contributed by atoms with E-state index in [1.54, 1.807) is 18.4 Å². The van der Waals surface area contributed by atoms with E-state index in [4.69, 9.17) is 0 Å². The fourth-order valence-corrected chi connectivity index (χ4v) is 3.70. The van der Waals surface area contributed by atoms with Gasteiger partial charge in [0, 0.05) is 14.1 Å². The molecule has 1 aromatic rings. The van der Waals surface area contributed by atoms with E-state index >= 15 is 0 Å². The molecule has 0 spiro atoms. The van der Waals surface area contributed by atoms with Crippen molar-refractivity contribution in [3.63, 3.8) is 0 Å². The average molecular weight is 280 g/mol.